The van der Waals surface area contributed by atoms with Crippen LogP contribution in [0.25, 0.3) is 11.1 Å². The van der Waals surface area contributed by atoms with Crippen molar-refractivity contribution in [3.8, 4) is 11.1 Å². The third-order valence-electron chi connectivity index (χ3n) is 3.36. The van der Waals surface area contributed by atoms with E-state index >= 15 is 0 Å². The van der Waals surface area contributed by atoms with Gasteiger partial charge in [-0.1, -0.05) is 71.9 Å². The quantitative estimate of drug-likeness (QED) is 0.484. The van der Waals surface area contributed by atoms with E-state index in [0.29, 0.717) is 12.2 Å². The smallest absolute Gasteiger partial charge is 0.142 e. The second-order valence-electron chi connectivity index (χ2n) is 5.05. The lowest BCUT2D eigenvalue weighted by molar-refractivity contribution is 0.132. The molecule has 0 fully saturated rings. The van der Waals surface area contributed by atoms with Gasteiger partial charge in [-0.2, -0.15) is 0 Å². The molecule has 0 N–H and O–H groups in total. The van der Waals surface area contributed by atoms with Crippen LogP contribution in [0.2, 0.25) is 0 Å². The molecule has 0 amide bonds. The van der Waals surface area contributed by atoms with Gasteiger partial charge in [0.2, 0.25) is 0 Å². The highest BCUT2D eigenvalue weighted by Gasteiger charge is 1.98. The van der Waals surface area contributed by atoms with Crippen LogP contribution in [0.15, 0.2) is 84.0 Å². The lowest BCUT2D eigenvalue weighted by atomic mass is 10.0. The molecule has 0 bridgehead atoms. The van der Waals surface area contributed by atoms with Crippen LogP contribution < -0.4 is 0 Å². The van der Waals surface area contributed by atoms with E-state index in [2.05, 4.69) is 23.5 Å². The first-order valence-electron chi connectivity index (χ1n) is 7.29. The maximum absolute atomic E-state index is 13.0. The molecule has 0 aliphatic heterocycles. The van der Waals surface area contributed by atoms with Crippen LogP contribution in [-0.2, 0) is 11.4 Å². The SMILES string of the molecule is Fc1cccc(/[C]=N\OCc2ccc(-c3ccccc3)cc2)c1. The molecule has 0 saturated carbocycles. The second-order valence-corrected chi connectivity index (χ2v) is 5.05. The van der Waals surface area contributed by atoms with Gasteiger partial charge >= 0.3 is 0 Å². The van der Waals surface area contributed by atoms with E-state index in [1.807, 2.05) is 42.5 Å². The first kappa shape index (κ1) is 15.0. The fourth-order valence-corrected chi connectivity index (χ4v) is 2.17. The summed E-state index contributed by atoms with van der Waals surface area (Å²) >= 11 is 0. The normalized spacial score (nSPS) is 10.8. The van der Waals surface area contributed by atoms with Crippen LogP contribution in [0.5, 0.6) is 0 Å². The zero-order valence-corrected chi connectivity index (χ0v) is 12.4. The Morgan fingerprint density at radius 2 is 1.57 bits per heavy atom. The van der Waals surface area contributed by atoms with Crippen LogP contribution in [0, 0.1) is 5.82 Å². The van der Waals surface area contributed by atoms with Gasteiger partial charge in [0.25, 0.3) is 0 Å². The lowest BCUT2D eigenvalue weighted by Gasteiger charge is -2.03. The van der Waals surface area contributed by atoms with Crippen molar-refractivity contribution in [3.63, 3.8) is 0 Å². The van der Waals surface area contributed by atoms with Crippen molar-refractivity contribution in [2.75, 3.05) is 0 Å². The highest BCUT2D eigenvalue weighted by Crippen LogP contribution is 2.19. The molecule has 3 aromatic rings. The van der Waals surface area contributed by atoms with E-state index in [1.54, 1.807) is 12.1 Å². The van der Waals surface area contributed by atoms with Crippen molar-refractivity contribution in [2.45, 2.75) is 6.61 Å². The molecule has 0 unspecified atom stereocenters. The van der Waals surface area contributed by atoms with Gasteiger partial charge in [0, 0.05) is 5.56 Å². The zero-order chi connectivity index (χ0) is 15.9. The van der Waals surface area contributed by atoms with Crippen molar-refractivity contribution in [1.82, 2.24) is 0 Å². The van der Waals surface area contributed by atoms with E-state index in [9.17, 15) is 4.39 Å². The molecule has 2 nitrogen and oxygen atoms in total. The fourth-order valence-electron chi connectivity index (χ4n) is 2.17. The summed E-state index contributed by atoms with van der Waals surface area (Å²) < 4.78 is 13.0. The molecule has 0 aromatic heterocycles. The van der Waals surface area contributed by atoms with Gasteiger partial charge in [-0.05, 0) is 28.8 Å². The third-order valence-corrected chi connectivity index (χ3v) is 3.36. The molecule has 113 valence electrons. The van der Waals surface area contributed by atoms with Gasteiger partial charge in [-0.3, -0.25) is 0 Å². The predicted octanol–water partition coefficient (Wildman–Crippen LogP) is 4.92. The summed E-state index contributed by atoms with van der Waals surface area (Å²) in [7, 11) is 0. The van der Waals surface area contributed by atoms with E-state index in [-0.39, 0.29) is 5.82 Å². The Morgan fingerprint density at radius 1 is 0.826 bits per heavy atom. The van der Waals surface area contributed by atoms with E-state index in [4.69, 9.17) is 4.84 Å². The van der Waals surface area contributed by atoms with Crippen LogP contribution in [-0.4, -0.2) is 6.21 Å². The van der Waals surface area contributed by atoms with Crippen molar-refractivity contribution in [3.05, 3.63) is 95.8 Å². The van der Waals surface area contributed by atoms with Crippen molar-refractivity contribution in [2.24, 2.45) is 5.16 Å². The molecule has 3 heteroatoms. The van der Waals surface area contributed by atoms with E-state index in [1.165, 1.54) is 17.7 Å². The molecule has 3 rings (SSSR count). The summed E-state index contributed by atoms with van der Waals surface area (Å²) in [6.45, 7) is 0.345. The first-order valence-corrected chi connectivity index (χ1v) is 7.29. The molecule has 1 radical (unpaired) electrons. The third kappa shape index (κ3) is 4.27. The van der Waals surface area contributed by atoms with Crippen LogP contribution in [0.4, 0.5) is 4.39 Å². The minimum atomic E-state index is -0.318. The molecule has 0 heterocycles. The highest BCUT2D eigenvalue weighted by molar-refractivity contribution is 5.78. The highest BCUT2D eigenvalue weighted by atomic mass is 19.1. The number of nitrogens with zero attached hydrogens (tertiary/aromatic N) is 1. The van der Waals surface area contributed by atoms with Gasteiger partial charge < -0.3 is 4.84 Å². The maximum Gasteiger partial charge on any atom is 0.142 e. The summed E-state index contributed by atoms with van der Waals surface area (Å²) in [6, 6.07) is 24.3. The zero-order valence-electron chi connectivity index (χ0n) is 12.4. The molecule has 3 aromatic carbocycles. The monoisotopic (exact) mass is 304 g/mol. The maximum atomic E-state index is 13.0. The van der Waals surface area contributed by atoms with E-state index in [0.717, 1.165) is 11.1 Å². The van der Waals surface area contributed by atoms with Gasteiger partial charge in [0.1, 0.15) is 18.6 Å². The molecule has 0 atom stereocenters. The second kappa shape index (κ2) is 7.36. The Bertz CT molecular complexity index is 782. The standard InChI is InChI=1S/C20H15FNO/c21-20-8-4-5-17(13-20)14-22-23-15-16-9-11-19(12-10-16)18-6-2-1-3-7-18/h1-13H,15H2. The van der Waals surface area contributed by atoms with Crippen molar-refractivity contribution in [1.29, 1.82) is 0 Å². The molecular weight excluding hydrogens is 289 g/mol. The number of hydrogen-bond donors (Lipinski definition) is 0. The largest absolute Gasteiger partial charge is 0.390 e. The van der Waals surface area contributed by atoms with Gasteiger partial charge in [-0.15, -0.1) is 0 Å². The Balaban J connectivity index is 1.57. The summed E-state index contributed by atoms with van der Waals surface area (Å²) in [5, 5.41) is 3.74. The van der Waals surface area contributed by atoms with Crippen LogP contribution in [0.3, 0.4) is 0 Å². The number of rotatable bonds is 5. The molecule has 0 aliphatic carbocycles. The average molecular weight is 304 g/mol. The number of halogens is 1. The Labute approximate surface area is 134 Å². The summed E-state index contributed by atoms with van der Waals surface area (Å²) in [5.74, 6) is -0.318. The Kier molecular flexibility index (Phi) is 4.79. The summed E-state index contributed by atoms with van der Waals surface area (Å²) in [4.78, 5) is 5.20. The van der Waals surface area contributed by atoms with E-state index < -0.39 is 0 Å². The minimum Gasteiger partial charge on any atom is -0.390 e. The topological polar surface area (TPSA) is 21.6 Å². The van der Waals surface area contributed by atoms with Gasteiger partial charge in [0.15, 0.2) is 0 Å². The Hall–Kier alpha value is -2.94. The van der Waals surface area contributed by atoms with Gasteiger partial charge in [-0.25, -0.2) is 4.39 Å². The first-order chi connectivity index (χ1) is 11.3. The van der Waals surface area contributed by atoms with Gasteiger partial charge in [0.05, 0.1) is 0 Å². The lowest BCUT2D eigenvalue weighted by Crippen LogP contribution is -1.89. The Morgan fingerprint density at radius 3 is 2.30 bits per heavy atom. The summed E-state index contributed by atoms with van der Waals surface area (Å²) in [6.07, 6.45) is 2.66. The fraction of sp³-hybridized carbons (Fsp3) is 0.0500. The summed E-state index contributed by atoms with van der Waals surface area (Å²) in [5.41, 5.74) is 3.89. The predicted molar refractivity (Wildman–Crippen MR) is 89.6 cm³/mol. The van der Waals surface area contributed by atoms with Crippen molar-refractivity contribution >= 4 is 6.21 Å². The molecule has 0 spiro atoms. The molecule has 0 aliphatic rings. The molecular formula is C20H15FNO. The van der Waals surface area contributed by atoms with Crippen LogP contribution >= 0.6 is 0 Å². The molecule has 0 saturated heterocycles. The van der Waals surface area contributed by atoms with Crippen molar-refractivity contribution < 1.29 is 9.23 Å². The number of benzene rings is 3. The van der Waals surface area contributed by atoms with Crippen LogP contribution in [0.1, 0.15) is 11.1 Å². The average Bonchev–Trinajstić information content (AvgIpc) is 2.60. The molecule has 23 heavy (non-hydrogen) atoms. The number of hydrogen-bond acceptors (Lipinski definition) is 2. The minimum absolute atomic E-state index is 0.318.